The predicted octanol–water partition coefficient (Wildman–Crippen LogP) is 5.79. The lowest BCUT2D eigenvalue weighted by molar-refractivity contribution is -0.938. The van der Waals surface area contributed by atoms with Crippen LogP contribution in [0.3, 0.4) is 0 Å². The summed E-state index contributed by atoms with van der Waals surface area (Å²) in [5, 5.41) is 3.36. The van der Waals surface area contributed by atoms with E-state index < -0.39 is 6.04 Å². The number of piperidine rings is 3. The van der Waals surface area contributed by atoms with Gasteiger partial charge in [-0.3, -0.25) is 9.59 Å². The minimum Gasteiger partial charge on any atom is -0.454 e. The van der Waals surface area contributed by atoms with Gasteiger partial charge < -0.3 is 14.5 Å². The summed E-state index contributed by atoms with van der Waals surface area (Å²) in [5.41, 5.74) is 3.34. The number of Topliss-reactive ketones (excluding diaryl/α,β-unsaturated/α-hetero) is 2. The maximum absolute atomic E-state index is 13.6. The van der Waals surface area contributed by atoms with Crippen molar-refractivity contribution in [2.45, 2.75) is 51.2 Å². The van der Waals surface area contributed by atoms with Crippen molar-refractivity contribution < 1.29 is 23.6 Å². The van der Waals surface area contributed by atoms with Crippen LogP contribution in [0.25, 0.3) is 0 Å². The number of hydrogen-bond donors (Lipinski definition) is 1. The van der Waals surface area contributed by atoms with Crippen molar-refractivity contribution in [2.75, 3.05) is 31.5 Å². The molecule has 0 radical (unpaired) electrons. The first-order valence-corrected chi connectivity index (χ1v) is 14.5. The quantitative estimate of drug-likeness (QED) is 0.179. The van der Waals surface area contributed by atoms with Crippen molar-refractivity contribution in [1.29, 1.82) is 0 Å². The van der Waals surface area contributed by atoms with Crippen LogP contribution in [0.4, 0.5) is 5.69 Å². The summed E-state index contributed by atoms with van der Waals surface area (Å²) < 4.78 is 6.90. The van der Waals surface area contributed by atoms with Gasteiger partial charge in [0.05, 0.1) is 13.1 Å². The van der Waals surface area contributed by atoms with E-state index in [-0.39, 0.29) is 23.6 Å². The van der Waals surface area contributed by atoms with E-state index in [0.717, 1.165) is 49.2 Å². The van der Waals surface area contributed by atoms with Crippen LogP contribution in [0, 0.1) is 5.92 Å². The fourth-order valence-corrected chi connectivity index (χ4v) is 6.22. The summed E-state index contributed by atoms with van der Waals surface area (Å²) in [7, 11) is 0. The van der Waals surface area contributed by atoms with Gasteiger partial charge in [0.15, 0.2) is 12.1 Å². The molecule has 0 spiro atoms. The summed E-state index contributed by atoms with van der Waals surface area (Å²) in [6.45, 7) is 4.93. The Hall–Kier alpha value is -3.77. The van der Waals surface area contributed by atoms with Gasteiger partial charge >= 0.3 is 5.97 Å². The Morgan fingerprint density at radius 3 is 2.20 bits per heavy atom. The molecule has 3 aliphatic heterocycles. The zero-order valence-corrected chi connectivity index (χ0v) is 23.3. The van der Waals surface area contributed by atoms with E-state index in [2.05, 4.69) is 5.32 Å². The summed E-state index contributed by atoms with van der Waals surface area (Å²) in [6.07, 6.45) is 3.54. The van der Waals surface area contributed by atoms with Crippen molar-refractivity contribution in [3.63, 3.8) is 0 Å². The molecule has 3 heterocycles. The molecule has 208 valence electrons. The van der Waals surface area contributed by atoms with Crippen LogP contribution in [0.15, 0.2) is 84.9 Å². The summed E-state index contributed by atoms with van der Waals surface area (Å²) in [6, 6.07) is 26.3. The SMILES string of the molecule is CCCC(=O)Cc1ccc(C(=O)C[N+]23CCC(CC2)[C@@H](OC(=O)[C@H](Nc2ccccc2)c2ccccc2)C3)cc1. The van der Waals surface area contributed by atoms with E-state index in [9.17, 15) is 14.4 Å². The standard InChI is InChI=1S/C34H39N2O4/c1-2-9-30(37)22-25-14-16-26(17-15-25)31(38)23-36-20-18-27(19-21-36)32(24-36)40-34(39)33(28-10-5-3-6-11-28)35-29-12-7-4-8-13-29/h3-8,10-17,27,32-33,35H,2,9,18-24H2,1H3/q+1/t27?,32-,33+,36?/m0/s1. The zero-order valence-electron chi connectivity index (χ0n) is 23.3. The Bertz CT molecular complexity index is 1300. The lowest BCUT2D eigenvalue weighted by Gasteiger charge is -2.51. The third kappa shape index (κ3) is 6.68. The maximum atomic E-state index is 13.6. The van der Waals surface area contributed by atoms with E-state index in [0.29, 0.717) is 41.9 Å². The molecular formula is C34H39N2O4+. The highest BCUT2D eigenvalue weighted by molar-refractivity contribution is 5.97. The Balaban J connectivity index is 1.25. The third-order valence-corrected chi connectivity index (χ3v) is 8.45. The second-order valence-corrected chi connectivity index (χ2v) is 11.4. The number of hydrogen-bond acceptors (Lipinski definition) is 5. The number of nitrogens with one attached hydrogen (secondary N) is 1. The second kappa shape index (κ2) is 12.6. The first kappa shape index (κ1) is 27.8. The first-order valence-electron chi connectivity index (χ1n) is 14.5. The molecule has 2 atom stereocenters. The van der Waals surface area contributed by atoms with Gasteiger partial charge in [-0.2, -0.15) is 0 Å². The highest BCUT2D eigenvalue weighted by Gasteiger charge is 2.49. The molecule has 3 aromatic rings. The molecule has 0 unspecified atom stereocenters. The van der Waals surface area contributed by atoms with E-state index in [1.165, 1.54) is 0 Å². The van der Waals surface area contributed by atoms with Gasteiger partial charge in [0, 0.05) is 42.9 Å². The molecule has 0 amide bonds. The number of rotatable bonds is 12. The van der Waals surface area contributed by atoms with Gasteiger partial charge in [-0.1, -0.05) is 79.7 Å². The van der Waals surface area contributed by atoms with Crippen LogP contribution in [0.1, 0.15) is 60.1 Å². The van der Waals surface area contributed by atoms with Gasteiger partial charge in [0.2, 0.25) is 5.78 Å². The fraction of sp³-hybridized carbons (Fsp3) is 0.382. The molecule has 3 aromatic carbocycles. The number of nitrogens with zero attached hydrogens (tertiary/aromatic N) is 1. The molecule has 0 saturated carbocycles. The normalized spacial score (nSPS) is 22.3. The van der Waals surface area contributed by atoms with Crippen LogP contribution in [-0.2, 0) is 20.7 Å². The topological polar surface area (TPSA) is 72.5 Å². The number of fused-ring (bicyclic) bond motifs is 3. The summed E-state index contributed by atoms with van der Waals surface area (Å²) >= 11 is 0. The monoisotopic (exact) mass is 539 g/mol. The number of benzene rings is 3. The van der Waals surface area contributed by atoms with Crippen LogP contribution < -0.4 is 5.32 Å². The lowest BCUT2D eigenvalue weighted by atomic mass is 9.82. The van der Waals surface area contributed by atoms with Crippen LogP contribution >= 0.6 is 0 Å². The molecule has 1 N–H and O–H groups in total. The average Bonchev–Trinajstić information content (AvgIpc) is 2.97. The molecule has 0 aliphatic carbocycles. The van der Waals surface area contributed by atoms with Crippen LogP contribution in [0.2, 0.25) is 0 Å². The molecule has 2 bridgehead atoms. The second-order valence-electron chi connectivity index (χ2n) is 11.4. The zero-order chi connectivity index (χ0) is 28.0. The number of ether oxygens (including phenoxy) is 1. The number of anilines is 1. The van der Waals surface area contributed by atoms with Gasteiger partial charge in [-0.05, 0) is 29.7 Å². The Morgan fingerprint density at radius 1 is 0.900 bits per heavy atom. The Kier molecular flexibility index (Phi) is 8.75. The number of para-hydroxylation sites is 1. The highest BCUT2D eigenvalue weighted by Crippen LogP contribution is 2.37. The summed E-state index contributed by atoms with van der Waals surface area (Å²) in [5.74, 6) is 0.369. The van der Waals surface area contributed by atoms with Crippen molar-refractivity contribution in [3.05, 3.63) is 102 Å². The maximum Gasteiger partial charge on any atom is 0.333 e. The number of carbonyl (C=O) groups is 3. The van der Waals surface area contributed by atoms with Crippen LogP contribution in [-0.4, -0.2) is 54.3 Å². The minimum atomic E-state index is -0.614. The van der Waals surface area contributed by atoms with E-state index >= 15 is 0 Å². The molecule has 3 aliphatic rings. The molecule has 3 saturated heterocycles. The minimum absolute atomic E-state index is 0.102. The molecule has 6 rings (SSSR count). The van der Waals surface area contributed by atoms with E-state index in [1.807, 2.05) is 91.9 Å². The summed E-state index contributed by atoms with van der Waals surface area (Å²) in [4.78, 5) is 39.0. The van der Waals surface area contributed by atoms with Gasteiger partial charge in [0.25, 0.3) is 0 Å². The average molecular weight is 540 g/mol. The van der Waals surface area contributed by atoms with Gasteiger partial charge in [-0.15, -0.1) is 0 Å². The van der Waals surface area contributed by atoms with Crippen LogP contribution in [0.5, 0.6) is 0 Å². The van der Waals surface area contributed by atoms with Gasteiger partial charge in [0.1, 0.15) is 18.9 Å². The number of carbonyl (C=O) groups excluding carboxylic acids is 3. The van der Waals surface area contributed by atoms with Crippen molar-refractivity contribution in [3.8, 4) is 0 Å². The number of ketones is 2. The Labute approximate surface area is 236 Å². The molecule has 0 aromatic heterocycles. The highest BCUT2D eigenvalue weighted by atomic mass is 16.5. The van der Waals surface area contributed by atoms with E-state index in [1.54, 1.807) is 0 Å². The molecule has 6 nitrogen and oxygen atoms in total. The number of esters is 1. The van der Waals surface area contributed by atoms with E-state index in [4.69, 9.17) is 4.74 Å². The van der Waals surface area contributed by atoms with Crippen molar-refractivity contribution in [1.82, 2.24) is 0 Å². The largest absolute Gasteiger partial charge is 0.454 e. The first-order chi connectivity index (χ1) is 19.4. The fourth-order valence-electron chi connectivity index (χ4n) is 6.22. The van der Waals surface area contributed by atoms with Crippen molar-refractivity contribution in [2.24, 2.45) is 5.92 Å². The molecular weight excluding hydrogens is 500 g/mol. The van der Waals surface area contributed by atoms with Crippen molar-refractivity contribution >= 4 is 23.2 Å². The van der Waals surface area contributed by atoms with Gasteiger partial charge in [-0.25, -0.2) is 4.79 Å². The molecule has 6 heteroatoms. The third-order valence-electron chi connectivity index (χ3n) is 8.45. The Morgan fingerprint density at radius 2 is 1.55 bits per heavy atom. The predicted molar refractivity (Wildman–Crippen MR) is 156 cm³/mol. The molecule has 3 fully saturated rings. The lowest BCUT2D eigenvalue weighted by Crippen LogP contribution is -2.65. The number of quaternary nitrogens is 1. The smallest absolute Gasteiger partial charge is 0.333 e. The molecule has 40 heavy (non-hydrogen) atoms.